The van der Waals surface area contributed by atoms with E-state index in [0.29, 0.717) is 6.61 Å². The molecule has 0 fully saturated rings. The third-order valence-corrected chi connectivity index (χ3v) is 2.79. The monoisotopic (exact) mass is 258 g/mol. The second-order valence-electron chi connectivity index (χ2n) is 4.15. The number of benzene rings is 1. The molecule has 0 saturated carbocycles. The second-order valence-corrected chi connectivity index (χ2v) is 4.15. The first kappa shape index (κ1) is 13.5. The molecule has 5 nitrogen and oxygen atoms in total. The molecule has 3 N–H and O–H groups in total. The van der Waals surface area contributed by atoms with Gasteiger partial charge in [0, 0.05) is 11.8 Å². The molecule has 1 heterocycles. The summed E-state index contributed by atoms with van der Waals surface area (Å²) in [6.45, 7) is 4.46. The molecule has 2 rings (SSSR count). The van der Waals surface area contributed by atoms with E-state index in [1.54, 1.807) is 12.4 Å². The maximum atomic E-state index is 5.67. The number of nitrogens with two attached hydrogens (primary N) is 1. The van der Waals surface area contributed by atoms with Crippen LogP contribution < -0.4 is 16.0 Å². The number of nitrogens with zero attached hydrogens (tertiary/aromatic N) is 2. The van der Waals surface area contributed by atoms with Crippen molar-refractivity contribution in [2.45, 2.75) is 19.9 Å². The van der Waals surface area contributed by atoms with E-state index in [-0.39, 0.29) is 6.04 Å². The number of hydrogen-bond donors (Lipinski definition) is 2. The zero-order valence-corrected chi connectivity index (χ0v) is 11.1. The Morgan fingerprint density at radius 1 is 1.26 bits per heavy atom. The predicted octanol–water partition coefficient (Wildman–Crippen LogP) is 1.74. The lowest BCUT2D eigenvalue weighted by Crippen LogP contribution is -2.30. The number of hydrazine groups is 1. The molecule has 5 heteroatoms. The number of rotatable bonds is 5. The highest BCUT2D eigenvalue weighted by atomic mass is 16.5. The molecule has 1 aromatic carbocycles. The van der Waals surface area contributed by atoms with Crippen molar-refractivity contribution in [3.63, 3.8) is 0 Å². The van der Waals surface area contributed by atoms with Gasteiger partial charge in [0.1, 0.15) is 5.75 Å². The van der Waals surface area contributed by atoms with Crippen molar-refractivity contribution in [2.75, 3.05) is 6.61 Å². The van der Waals surface area contributed by atoms with Crippen LogP contribution >= 0.6 is 0 Å². The number of ether oxygens (including phenoxy) is 1. The van der Waals surface area contributed by atoms with Gasteiger partial charge in [0.2, 0.25) is 0 Å². The molecule has 1 atom stereocenters. The van der Waals surface area contributed by atoms with Crippen molar-refractivity contribution in [3.05, 3.63) is 53.6 Å². The maximum Gasteiger partial charge on any atom is 0.124 e. The van der Waals surface area contributed by atoms with Gasteiger partial charge in [-0.05, 0) is 19.9 Å². The fourth-order valence-electron chi connectivity index (χ4n) is 1.89. The van der Waals surface area contributed by atoms with Crippen molar-refractivity contribution < 1.29 is 4.74 Å². The summed E-state index contributed by atoms with van der Waals surface area (Å²) in [5.74, 6) is 6.47. The lowest BCUT2D eigenvalue weighted by molar-refractivity contribution is 0.333. The first-order chi connectivity index (χ1) is 9.26. The molecule has 0 saturated heterocycles. The van der Waals surface area contributed by atoms with Crippen LogP contribution in [0.3, 0.4) is 0 Å². The minimum Gasteiger partial charge on any atom is -0.494 e. The Balaban J connectivity index is 2.39. The normalized spacial score (nSPS) is 12.2. The molecule has 1 aromatic heterocycles. The highest BCUT2D eigenvalue weighted by molar-refractivity contribution is 5.39. The van der Waals surface area contributed by atoms with E-state index in [2.05, 4.69) is 15.4 Å². The van der Waals surface area contributed by atoms with Gasteiger partial charge in [-0.3, -0.25) is 15.8 Å². The van der Waals surface area contributed by atoms with E-state index in [0.717, 1.165) is 22.7 Å². The molecule has 100 valence electrons. The van der Waals surface area contributed by atoms with Crippen LogP contribution in [0.4, 0.5) is 0 Å². The Hall–Kier alpha value is -1.98. The Kier molecular flexibility index (Phi) is 4.43. The van der Waals surface area contributed by atoms with Gasteiger partial charge in [-0.25, -0.2) is 5.43 Å². The SMILES string of the molecule is CCOc1ccccc1C(NN)c1cnc(C)cn1. The molecule has 0 aliphatic carbocycles. The topological polar surface area (TPSA) is 73.1 Å². The van der Waals surface area contributed by atoms with Crippen LogP contribution in [0.5, 0.6) is 5.75 Å². The third-order valence-electron chi connectivity index (χ3n) is 2.79. The van der Waals surface area contributed by atoms with Crippen LogP contribution in [-0.4, -0.2) is 16.6 Å². The summed E-state index contributed by atoms with van der Waals surface area (Å²) in [7, 11) is 0. The minimum atomic E-state index is -0.240. The summed E-state index contributed by atoms with van der Waals surface area (Å²) in [6.07, 6.45) is 3.45. The predicted molar refractivity (Wildman–Crippen MR) is 73.5 cm³/mol. The van der Waals surface area contributed by atoms with E-state index in [9.17, 15) is 0 Å². The molecule has 0 aliphatic heterocycles. The third kappa shape index (κ3) is 3.07. The lowest BCUT2D eigenvalue weighted by atomic mass is 10.0. The lowest BCUT2D eigenvalue weighted by Gasteiger charge is -2.19. The molecule has 0 bridgehead atoms. The number of para-hydroxylation sites is 1. The van der Waals surface area contributed by atoms with Crippen molar-refractivity contribution >= 4 is 0 Å². The van der Waals surface area contributed by atoms with Crippen LogP contribution in [0.15, 0.2) is 36.7 Å². The Bertz CT molecular complexity index is 527. The van der Waals surface area contributed by atoms with Crippen LogP contribution in [0.1, 0.15) is 29.9 Å². The molecule has 1 unspecified atom stereocenters. The standard InChI is InChI=1S/C14H18N4O/c1-3-19-13-7-5-4-6-11(13)14(18-15)12-9-16-10(2)8-17-12/h4-9,14,18H,3,15H2,1-2H3. The summed E-state index contributed by atoms with van der Waals surface area (Å²) in [6, 6.07) is 7.53. The van der Waals surface area contributed by atoms with Gasteiger partial charge < -0.3 is 4.74 Å². The zero-order valence-electron chi connectivity index (χ0n) is 11.1. The van der Waals surface area contributed by atoms with E-state index in [4.69, 9.17) is 10.6 Å². The summed E-state index contributed by atoms with van der Waals surface area (Å²) >= 11 is 0. The van der Waals surface area contributed by atoms with Crippen LogP contribution in [0, 0.1) is 6.92 Å². The fourth-order valence-corrected chi connectivity index (χ4v) is 1.89. The van der Waals surface area contributed by atoms with Gasteiger partial charge in [-0.1, -0.05) is 18.2 Å². The van der Waals surface area contributed by atoms with Gasteiger partial charge in [0.15, 0.2) is 0 Å². The van der Waals surface area contributed by atoms with Crippen LogP contribution in [-0.2, 0) is 0 Å². The fraction of sp³-hybridized carbons (Fsp3) is 0.286. The highest BCUT2D eigenvalue weighted by Gasteiger charge is 2.18. The molecule has 0 aliphatic rings. The number of nitrogens with one attached hydrogen (secondary N) is 1. The molecule has 0 spiro atoms. The summed E-state index contributed by atoms with van der Waals surface area (Å²) in [5.41, 5.74) is 5.36. The Morgan fingerprint density at radius 3 is 2.68 bits per heavy atom. The molecule has 2 aromatic rings. The van der Waals surface area contributed by atoms with Crippen LogP contribution in [0.25, 0.3) is 0 Å². The molecular formula is C14H18N4O. The highest BCUT2D eigenvalue weighted by Crippen LogP contribution is 2.28. The largest absolute Gasteiger partial charge is 0.494 e. The summed E-state index contributed by atoms with van der Waals surface area (Å²) in [4.78, 5) is 8.62. The van der Waals surface area contributed by atoms with E-state index in [1.165, 1.54) is 0 Å². The van der Waals surface area contributed by atoms with Gasteiger partial charge in [0.25, 0.3) is 0 Å². The average molecular weight is 258 g/mol. The quantitative estimate of drug-likeness (QED) is 0.631. The van der Waals surface area contributed by atoms with Crippen LogP contribution in [0.2, 0.25) is 0 Å². The Labute approximate surface area is 112 Å². The van der Waals surface area contributed by atoms with Gasteiger partial charge in [-0.15, -0.1) is 0 Å². The van der Waals surface area contributed by atoms with Gasteiger partial charge in [0.05, 0.1) is 30.2 Å². The Morgan fingerprint density at radius 2 is 2.05 bits per heavy atom. The van der Waals surface area contributed by atoms with Crippen molar-refractivity contribution in [1.82, 2.24) is 15.4 Å². The van der Waals surface area contributed by atoms with Crippen molar-refractivity contribution in [1.29, 1.82) is 0 Å². The second kappa shape index (κ2) is 6.26. The number of aromatic nitrogens is 2. The van der Waals surface area contributed by atoms with E-state index >= 15 is 0 Å². The molecule has 0 radical (unpaired) electrons. The van der Waals surface area contributed by atoms with E-state index in [1.807, 2.05) is 38.1 Å². The number of hydrogen-bond acceptors (Lipinski definition) is 5. The molecular weight excluding hydrogens is 240 g/mol. The van der Waals surface area contributed by atoms with E-state index < -0.39 is 0 Å². The molecule has 19 heavy (non-hydrogen) atoms. The summed E-state index contributed by atoms with van der Waals surface area (Å²) < 4.78 is 5.62. The smallest absolute Gasteiger partial charge is 0.124 e. The average Bonchev–Trinajstić information content (AvgIpc) is 2.44. The summed E-state index contributed by atoms with van der Waals surface area (Å²) in [5, 5.41) is 0. The van der Waals surface area contributed by atoms with Crippen molar-refractivity contribution in [2.24, 2.45) is 5.84 Å². The van der Waals surface area contributed by atoms with Crippen molar-refractivity contribution in [3.8, 4) is 5.75 Å². The maximum absolute atomic E-state index is 5.67. The molecule has 0 amide bonds. The first-order valence-electron chi connectivity index (χ1n) is 6.22. The minimum absolute atomic E-state index is 0.240. The number of aryl methyl sites for hydroxylation is 1. The zero-order chi connectivity index (χ0) is 13.7. The first-order valence-corrected chi connectivity index (χ1v) is 6.22. The van der Waals surface area contributed by atoms with Gasteiger partial charge >= 0.3 is 0 Å². The van der Waals surface area contributed by atoms with Gasteiger partial charge in [-0.2, -0.15) is 0 Å².